The maximum absolute atomic E-state index is 12.4. The molecule has 7 heteroatoms. The van der Waals surface area contributed by atoms with Crippen molar-refractivity contribution >= 4 is 28.3 Å². The molecule has 0 spiro atoms. The maximum atomic E-state index is 12.4. The molecule has 1 atom stereocenters. The van der Waals surface area contributed by atoms with E-state index in [0.29, 0.717) is 19.4 Å². The van der Waals surface area contributed by atoms with Crippen LogP contribution in [0.2, 0.25) is 0 Å². The third kappa shape index (κ3) is 4.55. The molecule has 1 aromatic carbocycles. The van der Waals surface area contributed by atoms with Gasteiger partial charge in [0.25, 0.3) is 0 Å². The molecule has 4 rings (SSSR count). The van der Waals surface area contributed by atoms with Crippen molar-refractivity contribution in [2.45, 2.75) is 18.9 Å². The average Bonchev–Trinajstić information content (AvgIpc) is 3.37. The fraction of sp³-hybridized carbons (Fsp3) is 0.400. The Balaban J connectivity index is 1.32. The van der Waals surface area contributed by atoms with Crippen molar-refractivity contribution in [3.05, 3.63) is 52.5 Å². The maximum Gasteiger partial charge on any atom is 0.220 e. The molecule has 0 aliphatic carbocycles. The summed E-state index contributed by atoms with van der Waals surface area (Å²) in [7, 11) is 0. The van der Waals surface area contributed by atoms with E-state index in [0.717, 1.165) is 43.2 Å². The van der Waals surface area contributed by atoms with Crippen LogP contribution in [0.15, 0.2) is 41.8 Å². The van der Waals surface area contributed by atoms with E-state index in [1.54, 1.807) is 11.3 Å². The van der Waals surface area contributed by atoms with Gasteiger partial charge in [0.05, 0.1) is 30.3 Å². The Morgan fingerprint density at radius 1 is 1.26 bits per heavy atom. The van der Waals surface area contributed by atoms with Crippen LogP contribution in [-0.4, -0.2) is 53.6 Å². The smallest absolute Gasteiger partial charge is 0.220 e. The van der Waals surface area contributed by atoms with Gasteiger partial charge in [-0.25, -0.2) is 4.98 Å². The summed E-state index contributed by atoms with van der Waals surface area (Å²) in [5.41, 5.74) is 1.95. The lowest BCUT2D eigenvalue weighted by atomic mass is 10.2. The topological polar surface area (TPSA) is 70.2 Å². The van der Waals surface area contributed by atoms with Crippen molar-refractivity contribution < 1.29 is 9.53 Å². The molecule has 1 aliphatic rings. The number of hydrogen-bond donors (Lipinski definition) is 2. The Morgan fingerprint density at radius 2 is 2.11 bits per heavy atom. The summed E-state index contributed by atoms with van der Waals surface area (Å²) in [4.78, 5) is 23.9. The normalized spacial score (nSPS) is 16.4. The van der Waals surface area contributed by atoms with E-state index in [9.17, 15) is 4.79 Å². The summed E-state index contributed by atoms with van der Waals surface area (Å²) >= 11 is 1.74. The number of thiophene rings is 1. The Morgan fingerprint density at radius 3 is 2.89 bits per heavy atom. The number of imidazole rings is 1. The molecule has 1 fully saturated rings. The molecular formula is C20H24N4O2S. The number of amides is 1. The van der Waals surface area contributed by atoms with Crippen molar-refractivity contribution in [1.82, 2.24) is 20.2 Å². The number of ether oxygens (including phenoxy) is 1. The molecule has 3 aromatic rings. The molecule has 2 aromatic heterocycles. The van der Waals surface area contributed by atoms with Gasteiger partial charge in [-0.2, -0.15) is 0 Å². The predicted molar refractivity (Wildman–Crippen MR) is 107 cm³/mol. The second kappa shape index (κ2) is 8.65. The molecular weight excluding hydrogens is 360 g/mol. The second-order valence-electron chi connectivity index (χ2n) is 6.68. The van der Waals surface area contributed by atoms with Gasteiger partial charge in [-0.1, -0.05) is 18.2 Å². The standard InChI is InChI=1S/C20H24N4O2S/c25-20(8-7-19-22-15-4-1-2-5-16(15)23-19)21-14-17(18-6-3-13-27-18)24-9-11-26-12-10-24/h1-6,13,17H,7-12,14H2,(H,21,25)(H,22,23). The number of carbonyl (C=O) groups excluding carboxylic acids is 1. The molecule has 0 radical (unpaired) electrons. The number of H-pyrrole nitrogens is 1. The van der Waals surface area contributed by atoms with Gasteiger partial charge >= 0.3 is 0 Å². The highest BCUT2D eigenvalue weighted by molar-refractivity contribution is 7.10. The van der Waals surface area contributed by atoms with Gasteiger partial charge in [0.1, 0.15) is 5.82 Å². The molecule has 2 N–H and O–H groups in total. The highest BCUT2D eigenvalue weighted by Crippen LogP contribution is 2.25. The molecule has 6 nitrogen and oxygen atoms in total. The number of aromatic nitrogens is 2. The zero-order chi connectivity index (χ0) is 18.5. The molecule has 0 saturated carbocycles. The number of nitrogens with zero attached hydrogens (tertiary/aromatic N) is 2. The monoisotopic (exact) mass is 384 g/mol. The third-order valence-electron chi connectivity index (χ3n) is 4.88. The van der Waals surface area contributed by atoms with Crippen LogP contribution in [0.3, 0.4) is 0 Å². The molecule has 1 amide bonds. The number of nitrogens with one attached hydrogen (secondary N) is 2. The Labute approximate surface area is 162 Å². The number of fused-ring (bicyclic) bond motifs is 1. The minimum absolute atomic E-state index is 0.0604. The lowest BCUT2D eigenvalue weighted by molar-refractivity contribution is -0.121. The Kier molecular flexibility index (Phi) is 5.81. The molecule has 27 heavy (non-hydrogen) atoms. The van der Waals surface area contributed by atoms with Gasteiger partial charge < -0.3 is 15.0 Å². The van der Waals surface area contributed by atoms with Gasteiger partial charge in [0, 0.05) is 37.4 Å². The van der Waals surface area contributed by atoms with Crippen LogP contribution in [0, 0.1) is 0 Å². The molecule has 1 aliphatic heterocycles. The van der Waals surface area contributed by atoms with Crippen molar-refractivity contribution in [2.24, 2.45) is 0 Å². The number of hydrogen-bond acceptors (Lipinski definition) is 5. The molecule has 1 unspecified atom stereocenters. The minimum atomic E-state index is 0.0604. The van der Waals surface area contributed by atoms with E-state index in [-0.39, 0.29) is 11.9 Å². The molecule has 1 saturated heterocycles. The van der Waals surface area contributed by atoms with Crippen molar-refractivity contribution in [3.63, 3.8) is 0 Å². The first kappa shape index (κ1) is 18.2. The average molecular weight is 385 g/mol. The van der Waals surface area contributed by atoms with Gasteiger partial charge in [0.2, 0.25) is 5.91 Å². The van der Waals surface area contributed by atoms with E-state index < -0.39 is 0 Å². The Bertz CT molecular complexity index is 838. The van der Waals surface area contributed by atoms with Crippen LogP contribution in [0.5, 0.6) is 0 Å². The predicted octanol–water partition coefficient (Wildman–Crippen LogP) is 2.75. The number of aryl methyl sites for hydroxylation is 1. The zero-order valence-corrected chi connectivity index (χ0v) is 16.0. The first-order chi connectivity index (χ1) is 13.3. The van der Waals surface area contributed by atoms with E-state index in [1.807, 2.05) is 24.3 Å². The van der Waals surface area contributed by atoms with Crippen LogP contribution in [-0.2, 0) is 16.0 Å². The van der Waals surface area contributed by atoms with Crippen LogP contribution in [0.25, 0.3) is 11.0 Å². The highest BCUT2D eigenvalue weighted by Gasteiger charge is 2.23. The fourth-order valence-electron chi connectivity index (χ4n) is 3.43. The van der Waals surface area contributed by atoms with Gasteiger partial charge in [-0.3, -0.25) is 9.69 Å². The molecule has 142 valence electrons. The zero-order valence-electron chi connectivity index (χ0n) is 15.2. The second-order valence-corrected chi connectivity index (χ2v) is 7.66. The minimum Gasteiger partial charge on any atom is -0.379 e. The number of para-hydroxylation sites is 2. The summed E-state index contributed by atoms with van der Waals surface area (Å²) in [5.74, 6) is 0.916. The highest BCUT2D eigenvalue weighted by atomic mass is 32.1. The number of aromatic amines is 1. The van der Waals surface area contributed by atoms with Crippen LogP contribution in [0.1, 0.15) is 23.2 Å². The van der Waals surface area contributed by atoms with E-state index in [1.165, 1.54) is 4.88 Å². The van der Waals surface area contributed by atoms with Crippen LogP contribution < -0.4 is 5.32 Å². The first-order valence-electron chi connectivity index (χ1n) is 9.35. The lowest BCUT2D eigenvalue weighted by Gasteiger charge is -2.34. The lowest BCUT2D eigenvalue weighted by Crippen LogP contribution is -2.43. The van der Waals surface area contributed by atoms with Gasteiger partial charge in [0.15, 0.2) is 0 Å². The van der Waals surface area contributed by atoms with Crippen molar-refractivity contribution in [1.29, 1.82) is 0 Å². The summed E-state index contributed by atoms with van der Waals surface area (Å²) < 4.78 is 5.47. The molecule has 0 bridgehead atoms. The van der Waals surface area contributed by atoms with Crippen LogP contribution >= 0.6 is 11.3 Å². The van der Waals surface area contributed by atoms with Crippen LogP contribution in [0.4, 0.5) is 0 Å². The summed E-state index contributed by atoms with van der Waals surface area (Å²) in [6.45, 7) is 3.93. The SMILES string of the molecule is O=C(CCc1nc2ccccc2[nH]1)NCC(c1cccs1)N1CCOCC1. The summed E-state index contributed by atoms with van der Waals surface area (Å²) in [5, 5.41) is 5.21. The molecule has 3 heterocycles. The summed E-state index contributed by atoms with van der Waals surface area (Å²) in [6, 6.07) is 12.3. The number of rotatable bonds is 7. The first-order valence-corrected chi connectivity index (χ1v) is 10.2. The number of carbonyl (C=O) groups is 1. The van der Waals surface area contributed by atoms with Crippen molar-refractivity contribution in [3.8, 4) is 0 Å². The van der Waals surface area contributed by atoms with Gasteiger partial charge in [-0.15, -0.1) is 11.3 Å². The number of morpholine rings is 1. The van der Waals surface area contributed by atoms with E-state index >= 15 is 0 Å². The largest absolute Gasteiger partial charge is 0.379 e. The number of benzene rings is 1. The summed E-state index contributed by atoms with van der Waals surface area (Å²) in [6.07, 6.45) is 1.04. The quantitative estimate of drug-likeness (QED) is 0.657. The third-order valence-corrected chi connectivity index (χ3v) is 5.85. The van der Waals surface area contributed by atoms with E-state index in [4.69, 9.17) is 4.74 Å². The Hall–Kier alpha value is -2.22. The van der Waals surface area contributed by atoms with Gasteiger partial charge in [-0.05, 0) is 23.6 Å². The van der Waals surface area contributed by atoms with E-state index in [2.05, 4.69) is 37.7 Å². The fourth-order valence-corrected chi connectivity index (χ4v) is 4.30. The van der Waals surface area contributed by atoms with Crippen molar-refractivity contribution in [2.75, 3.05) is 32.8 Å².